The highest BCUT2D eigenvalue weighted by Crippen LogP contribution is 2.43. The monoisotopic (exact) mass is 346 g/mol. The van der Waals surface area contributed by atoms with Crippen LogP contribution in [0, 0.1) is 0 Å². The summed E-state index contributed by atoms with van der Waals surface area (Å²) in [5, 5.41) is 15.5. The number of rotatable bonds is 2. The molecule has 8 nitrogen and oxygen atoms in total. The number of aromatic nitrogens is 5. The Bertz CT molecular complexity index is 1130. The van der Waals surface area contributed by atoms with Gasteiger partial charge in [0.2, 0.25) is 5.91 Å². The maximum Gasteiger partial charge on any atom is 0.226 e. The van der Waals surface area contributed by atoms with Crippen LogP contribution in [0.5, 0.6) is 0 Å². The van der Waals surface area contributed by atoms with Gasteiger partial charge in [0.15, 0.2) is 0 Å². The maximum atomic E-state index is 12.4. The highest BCUT2D eigenvalue weighted by atomic mass is 16.6. The van der Waals surface area contributed by atoms with Crippen LogP contribution in [-0.2, 0) is 11.8 Å². The van der Waals surface area contributed by atoms with Crippen LogP contribution in [0.1, 0.15) is 23.5 Å². The van der Waals surface area contributed by atoms with Crippen LogP contribution in [0.4, 0.5) is 5.82 Å². The molecule has 4 aromatic rings. The molecule has 3 aromatic heterocycles. The Kier molecular flexibility index (Phi) is 3.11. The average Bonchev–Trinajstić information content (AvgIpc) is 3.27. The lowest BCUT2D eigenvalue weighted by molar-refractivity contribution is -0.116. The van der Waals surface area contributed by atoms with Gasteiger partial charge in [-0.05, 0) is 34.1 Å². The fraction of sp³-hybridized carbons (Fsp3) is 0.167. The van der Waals surface area contributed by atoms with Crippen molar-refractivity contribution in [3.63, 3.8) is 0 Å². The molecule has 1 N–H and O–H groups in total. The lowest BCUT2D eigenvalue weighted by atomic mass is 9.84. The van der Waals surface area contributed by atoms with E-state index < -0.39 is 0 Å². The quantitative estimate of drug-likeness (QED) is 0.599. The Morgan fingerprint density at radius 2 is 2.15 bits per heavy atom. The lowest BCUT2D eigenvalue weighted by Gasteiger charge is -2.24. The summed E-state index contributed by atoms with van der Waals surface area (Å²) in [6.45, 7) is 0. The zero-order valence-corrected chi connectivity index (χ0v) is 13.9. The van der Waals surface area contributed by atoms with E-state index in [9.17, 15) is 4.79 Å². The van der Waals surface area contributed by atoms with Gasteiger partial charge in [-0.25, -0.2) is 4.63 Å². The Morgan fingerprint density at radius 3 is 3.00 bits per heavy atom. The van der Waals surface area contributed by atoms with E-state index in [2.05, 4.69) is 25.7 Å². The summed E-state index contributed by atoms with van der Waals surface area (Å²) < 4.78 is 6.60. The number of carbonyl (C=O) groups is 1. The maximum absolute atomic E-state index is 12.4. The van der Waals surface area contributed by atoms with Gasteiger partial charge in [0.25, 0.3) is 0 Å². The summed E-state index contributed by atoms with van der Waals surface area (Å²) in [6, 6.07) is 9.52. The third kappa shape index (κ3) is 2.12. The number of hydrogen-bond acceptors (Lipinski definition) is 6. The summed E-state index contributed by atoms with van der Waals surface area (Å²) in [5.74, 6) is 0.438. The molecule has 0 radical (unpaired) electrons. The SMILES string of the molecule is Cn1nc(-c2cccnc2)c2c1NC(=O)C[C@@H]2c1cccc2nonc12. The molecule has 1 amide bonds. The first-order valence-electron chi connectivity index (χ1n) is 8.20. The van der Waals surface area contributed by atoms with Gasteiger partial charge in [-0.2, -0.15) is 5.10 Å². The molecular weight excluding hydrogens is 332 g/mol. The lowest BCUT2D eigenvalue weighted by Crippen LogP contribution is -2.24. The van der Waals surface area contributed by atoms with Gasteiger partial charge < -0.3 is 5.32 Å². The van der Waals surface area contributed by atoms with Gasteiger partial charge >= 0.3 is 0 Å². The normalized spacial score (nSPS) is 16.5. The second-order valence-corrected chi connectivity index (χ2v) is 6.26. The van der Waals surface area contributed by atoms with Gasteiger partial charge in [0.05, 0.1) is 5.69 Å². The number of hydrogen-bond donors (Lipinski definition) is 1. The molecule has 0 bridgehead atoms. The first kappa shape index (κ1) is 14.8. The van der Waals surface area contributed by atoms with E-state index in [1.54, 1.807) is 17.1 Å². The van der Waals surface area contributed by atoms with Crippen molar-refractivity contribution in [1.82, 2.24) is 25.1 Å². The molecule has 26 heavy (non-hydrogen) atoms. The van der Waals surface area contributed by atoms with Crippen LogP contribution in [0.3, 0.4) is 0 Å². The Labute approximate surface area is 147 Å². The number of fused-ring (bicyclic) bond motifs is 2. The minimum Gasteiger partial charge on any atom is -0.311 e. The molecule has 0 unspecified atom stereocenters. The van der Waals surface area contributed by atoms with Crippen molar-refractivity contribution in [3.05, 3.63) is 53.9 Å². The molecule has 4 heterocycles. The number of amides is 1. The molecule has 0 aliphatic carbocycles. The number of carbonyl (C=O) groups excluding carboxylic acids is 1. The Morgan fingerprint density at radius 1 is 1.23 bits per heavy atom. The summed E-state index contributed by atoms with van der Waals surface area (Å²) >= 11 is 0. The van der Waals surface area contributed by atoms with E-state index >= 15 is 0 Å². The first-order chi connectivity index (χ1) is 12.7. The fourth-order valence-electron chi connectivity index (χ4n) is 3.58. The summed E-state index contributed by atoms with van der Waals surface area (Å²) in [7, 11) is 1.82. The van der Waals surface area contributed by atoms with Crippen molar-refractivity contribution >= 4 is 22.8 Å². The zero-order valence-electron chi connectivity index (χ0n) is 13.9. The fourth-order valence-corrected chi connectivity index (χ4v) is 3.58. The van der Waals surface area contributed by atoms with Gasteiger partial charge in [-0.1, -0.05) is 12.1 Å². The van der Waals surface area contributed by atoms with Crippen LogP contribution < -0.4 is 5.32 Å². The van der Waals surface area contributed by atoms with Crippen molar-refractivity contribution in [2.45, 2.75) is 12.3 Å². The highest BCUT2D eigenvalue weighted by molar-refractivity contribution is 5.97. The average molecular weight is 346 g/mol. The predicted octanol–water partition coefficient (Wildman–Crippen LogP) is 2.49. The van der Waals surface area contributed by atoms with Crippen LogP contribution in [-0.4, -0.2) is 31.0 Å². The zero-order chi connectivity index (χ0) is 17.7. The Balaban J connectivity index is 1.78. The standard InChI is InChI=1S/C18H14N6O2/c1-24-18-15(16(21-24)10-4-3-7-19-9-10)12(8-14(25)20-18)11-5-2-6-13-17(11)23-26-22-13/h2-7,9,12H,8H2,1H3,(H,20,25)/t12-/m1/s1. The van der Waals surface area contributed by atoms with Crippen molar-refractivity contribution < 1.29 is 9.42 Å². The minimum absolute atomic E-state index is 0.0586. The van der Waals surface area contributed by atoms with Gasteiger partial charge in [0, 0.05) is 42.9 Å². The molecule has 128 valence electrons. The first-order valence-corrected chi connectivity index (χ1v) is 8.20. The van der Waals surface area contributed by atoms with Gasteiger partial charge in [-0.3, -0.25) is 14.5 Å². The molecule has 1 atom stereocenters. The van der Waals surface area contributed by atoms with E-state index in [1.807, 2.05) is 37.4 Å². The minimum atomic E-state index is -0.196. The molecule has 0 fully saturated rings. The van der Waals surface area contributed by atoms with Crippen LogP contribution in [0.15, 0.2) is 47.4 Å². The summed E-state index contributed by atoms with van der Waals surface area (Å²) in [5.41, 5.74) is 4.89. The number of aryl methyl sites for hydroxylation is 1. The number of nitrogens with zero attached hydrogens (tertiary/aromatic N) is 5. The number of pyridine rings is 1. The molecule has 1 aliphatic heterocycles. The van der Waals surface area contributed by atoms with Crippen LogP contribution in [0.25, 0.3) is 22.3 Å². The largest absolute Gasteiger partial charge is 0.311 e. The topological polar surface area (TPSA) is 98.7 Å². The second-order valence-electron chi connectivity index (χ2n) is 6.26. The van der Waals surface area contributed by atoms with Crippen molar-refractivity contribution in [2.24, 2.45) is 7.05 Å². The molecule has 8 heteroatoms. The third-order valence-electron chi connectivity index (χ3n) is 4.71. The van der Waals surface area contributed by atoms with E-state index in [0.717, 1.165) is 22.4 Å². The molecular formula is C18H14N6O2. The number of anilines is 1. The van der Waals surface area contributed by atoms with E-state index in [4.69, 9.17) is 4.63 Å². The molecule has 1 aromatic carbocycles. The number of benzene rings is 1. The van der Waals surface area contributed by atoms with Crippen molar-refractivity contribution in [1.29, 1.82) is 0 Å². The highest BCUT2D eigenvalue weighted by Gasteiger charge is 2.34. The van der Waals surface area contributed by atoms with E-state index in [-0.39, 0.29) is 11.8 Å². The Hall–Kier alpha value is -3.55. The van der Waals surface area contributed by atoms with E-state index in [0.29, 0.717) is 23.3 Å². The molecule has 5 rings (SSSR count). The van der Waals surface area contributed by atoms with E-state index in [1.165, 1.54) is 0 Å². The van der Waals surface area contributed by atoms with Crippen molar-refractivity contribution in [3.8, 4) is 11.3 Å². The summed E-state index contributed by atoms with van der Waals surface area (Å²) in [6.07, 6.45) is 3.80. The van der Waals surface area contributed by atoms with Crippen molar-refractivity contribution in [2.75, 3.05) is 5.32 Å². The molecule has 0 spiro atoms. The predicted molar refractivity (Wildman–Crippen MR) is 93.3 cm³/mol. The third-order valence-corrected chi connectivity index (χ3v) is 4.71. The van der Waals surface area contributed by atoms with Crippen LogP contribution in [0.2, 0.25) is 0 Å². The van der Waals surface area contributed by atoms with Gasteiger partial charge in [0.1, 0.15) is 16.9 Å². The second kappa shape index (κ2) is 5.48. The number of nitrogens with one attached hydrogen (secondary N) is 1. The van der Waals surface area contributed by atoms with Crippen LogP contribution >= 0.6 is 0 Å². The molecule has 0 saturated heterocycles. The summed E-state index contributed by atoms with van der Waals surface area (Å²) in [4.78, 5) is 16.6. The van der Waals surface area contributed by atoms with Gasteiger partial charge in [-0.15, -0.1) is 0 Å². The molecule has 1 aliphatic rings. The molecule has 0 saturated carbocycles. The smallest absolute Gasteiger partial charge is 0.226 e.